The molecule has 5 aromatic rings. The van der Waals surface area contributed by atoms with Gasteiger partial charge in [-0.25, -0.2) is 14.1 Å². The Kier molecular flexibility index (Phi) is 6.82. The Bertz CT molecular complexity index is 1610. The van der Waals surface area contributed by atoms with Gasteiger partial charge in [-0.1, -0.05) is 60.7 Å². The van der Waals surface area contributed by atoms with E-state index in [0.29, 0.717) is 22.6 Å². The van der Waals surface area contributed by atoms with E-state index in [2.05, 4.69) is 12.1 Å². The quantitative estimate of drug-likeness (QED) is 0.271. The normalized spacial score (nSPS) is 11.8. The van der Waals surface area contributed by atoms with Crippen molar-refractivity contribution in [2.75, 3.05) is 0 Å². The first kappa shape index (κ1) is 23.8. The second-order valence-electron chi connectivity index (χ2n) is 8.65. The van der Waals surface area contributed by atoms with Gasteiger partial charge >= 0.3 is 0 Å². The molecule has 0 amide bonds. The molecule has 0 aliphatic heterocycles. The van der Waals surface area contributed by atoms with Crippen molar-refractivity contribution in [3.63, 3.8) is 0 Å². The monoisotopic (exact) mass is 498 g/mol. The minimum absolute atomic E-state index is 0.183. The van der Waals surface area contributed by atoms with Gasteiger partial charge in [-0.05, 0) is 49.6 Å². The van der Waals surface area contributed by atoms with Crippen molar-refractivity contribution >= 4 is 17.0 Å². The summed E-state index contributed by atoms with van der Waals surface area (Å²) in [7, 11) is 1.86. The van der Waals surface area contributed by atoms with Crippen LogP contribution in [0, 0.1) is 12.7 Å². The number of hydrogen-bond acceptors (Lipinski definition) is 3. The maximum atomic E-state index is 14.8. The summed E-state index contributed by atoms with van der Waals surface area (Å²) in [6.45, 7) is 2.55. The lowest BCUT2D eigenvalue weighted by Crippen LogP contribution is -2.20. The maximum absolute atomic E-state index is 14.8. The van der Waals surface area contributed by atoms with E-state index in [1.165, 1.54) is 23.0 Å². The summed E-state index contributed by atoms with van der Waals surface area (Å²) >= 11 is 1.42. The van der Waals surface area contributed by atoms with Crippen molar-refractivity contribution in [1.29, 1.82) is 0 Å². The van der Waals surface area contributed by atoms with Gasteiger partial charge in [0.05, 0.1) is 17.1 Å². The van der Waals surface area contributed by atoms with E-state index in [9.17, 15) is 9.18 Å². The number of hydrogen-bond donors (Lipinski definition) is 0. The van der Waals surface area contributed by atoms with Crippen LogP contribution in [-0.2, 0) is 20.0 Å². The largest absolute Gasteiger partial charge is 0.316 e. The molecule has 5 nitrogen and oxygen atoms in total. The first-order chi connectivity index (χ1) is 17.5. The molecule has 5 rings (SSSR count). The van der Waals surface area contributed by atoms with E-state index in [1.807, 2.05) is 83.2 Å². The van der Waals surface area contributed by atoms with Crippen LogP contribution < -0.4 is 10.4 Å². The van der Waals surface area contributed by atoms with Crippen molar-refractivity contribution < 1.29 is 4.39 Å². The molecular weight excluding hydrogens is 471 g/mol. The molecule has 0 aliphatic rings. The number of aryl methyl sites for hydroxylation is 1. The zero-order valence-corrected chi connectivity index (χ0v) is 21.1. The lowest BCUT2D eigenvalue weighted by Gasteiger charge is -2.10. The zero-order chi connectivity index (χ0) is 25.1. The van der Waals surface area contributed by atoms with E-state index >= 15 is 0 Å². The first-order valence-electron chi connectivity index (χ1n) is 11.9. The highest BCUT2D eigenvalue weighted by atomic mass is 32.1. The average Bonchev–Trinajstić information content (AvgIpc) is 3.39. The molecule has 182 valence electrons. The molecule has 0 N–H and O–H groups in total. The fourth-order valence-corrected chi connectivity index (χ4v) is 5.32. The molecule has 0 radical (unpaired) electrons. The highest BCUT2D eigenvalue weighted by Gasteiger charge is 2.17. The second-order valence-corrected chi connectivity index (χ2v) is 9.48. The summed E-state index contributed by atoms with van der Waals surface area (Å²) in [6.07, 6.45) is 1.75. The van der Waals surface area contributed by atoms with E-state index < -0.39 is 0 Å². The smallest absolute Gasteiger partial charge is 0.297 e. The molecule has 0 atom stereocenters. The molecule has 36 heavy (non-hydrogen) atoms. The molecule has 0 bridgehead atoms. The Morgan fingerprint density at radius 3 is 2.31 bits per heavy atom. The Balaban J connectivity index is 1.60. The third-order valence-electron chi connectivity index (χ3n) is 6.37. The summed E-state index contributed by atoms with van der Waals surface area (Å²) in [5.74, 6) is -0.277. The minimum atomic E-state index is -0.277. The number of aromatic nitrogens is 3. The van der Waals surface area contributed by atoms with Crippen LogP contribution in [0.5, 0.6) is 0 Å². The summed E-state index contributed by atoms with van der Waals surface area (Å²) in [4.78, 5) is 19.0. The van der Waals surface area contributed by atoms with Crippen LogP contribution in [0.3, 0.4) is 0 Å². The number of nitrogens with zero attached hydrogens (tertiary/aromatic N) is 4. The van der Waals surface area contributed by atoms with Gasteiger partial charge in [-0.15, -0.1) is 11.3 Å². The molecule has 3 aromatic carbocycles. The lowest BCUT2D eigenvalue weighted by atomic mass is 10.1. The Morgan fingerprint density at radius 1 is 0.917 bits per heavy atom. The molecule has 7 heteroatoms. The Morgan fingerprint density at radius 2 is 1.58 bits per heavy atom. The van der Waals surface area contributed by atoms with Crippen molar-refractivity contribution in [3.05, 3.63) is 123 Å². The summed E-state index contributed by atoms with van der Waals surface area (Å²) < 4.78 is 20.2. The van der Waals surface area contributed by atoms with E-state index in [4.69, 9.17) is 4.99 Å². The van der Waals surface area contributed by atoms with Crippen LogP contribution in [-0.4, -0.2) is 13.9 Å². The van der Waals surface area contributed by atoms with Crippen LogP contribution in [0.4, 0.5) is 10.1 Å². The number of rotatable bonds is 7. The summed E-state index contributed by atoms with van der Waals surface area (Å²) in [5.41, 5.74) is 4.30. The predicted octanol–water partition coefficient (Wildman–Crippen LogP) is 6.02. The van der Waals surface area contributed by atoms with E-state index in [0.717, 1.165) is 29.9 Å². The van der Waals surface area contributed by atoms with Crippen LogP contribution >= 0.6 is 11.3 Å². The highest BCUT2D eigenvalue weighted by Crippen LogP contribution is 2.24. The van der Waals surface area contributed by atoms with Gasteiger partial charge in [0.1, 0.15) is 5.82 Å². The fourth-order valence-electron chi connectivity index (χ4n) is 4.38. The first-order valence-corrected chi connectivity index (χ1v) is 12.8. The molecule has 2 heterocycles. The molecule has 0 spiro atoms. The van der Waals surface area contributed by atoms with Crippen LogP contribution in [0.25, 0.3) is 16.9 Å². The average molecular weight is 499 g/mol. The van der Waals surface area contributed by atoms with E-state index in [1.54, 1.807) is 16.8 Å². The van der Waals surface area contributed by atoms with Gasteiger partial charge in [-0.3, -0.25) is 9.48 Å². The number of halogens is 1. The molecular formula is C29H27FN4OS. The number of thiazole rings is 1. The lowest BCUT2D eigenvalue weighted by molar-refractivity contribution is 0.614. The zero-order valence-electron chi connectivity index (χ0n) is 20.3. The maximum Gasteiger partial charge on any atom is 0.297 e. The molecule has 0 aliphatic carbocycles. The van der Waals surface area contributed by atoms with Crippen molar-refractivity contribution in [3.8, 4) is 16.9 Å². The number of benzene rings is 3. The third kappa shape index (κ3) is 4.62. The molecule has 2 aromatic heterocycles. The van der Waals surface area contributed by atoms with Gasteiger partial charge < -0.3 is 4.57 Å². The second kappa shape index (κ2) is 10.3. The molecule has 0 fully saturated rings. The molecule has 0 saturated carbocycles. The standard InChI is InChI=1S/C29H27FN4OS/c1-21-27(28(35)34(32(21)2)23-15-7-4-8-16-23)31-29-33(19-11-14-22-12-5-3-6-13-22)26(20-36-29)24-17-9-10-18-25(24)30/h3-10,12-13,15-18,20H,11,14,19H2,1-2H3. The minimum Gasteiger partial charge on any atom is -0.316 e. The Hall–Kier alpha value is -3.97. The fraction of sp³-hybridized carbons (Fsp3) is 0.172. The molecule has 0 saturated heterocycles. The van der Waals surface area contributed by atoms with Gasteiger partial charge in [-0.2, -0.15) is 0 Å². The third-order valence-corrected chi connectivity index (χ3v) is 7.23. The Labute approximate surface area is 213 Å². The van der Waals surface area contributed by atoms with Gasteiger partial charge in [0, 0.05) is 24.5 Å². The van der Waals surface area contributed by atoms with Gasteiger partial charge in [0.25, 0.3) is 5.56 Å². The van der Waals surface area contributed by atoms with Crippen molar-refractivity contribution in [2.45, 2.75) is 26.3 Å². The van der Waals surface area contributed by atoms with Gasteiger partial charge in [0.15, 0.2) is 10.5 Å². The van der Waals surface area contributed by atoms with E-state index in [-0.39, 0.29) is 11.4 Å². The van der Waals surface area contributed by atoms with Crippen LogP contribution in [0.15, 0.2) is 100 Å². The SMILES string of the molecule is Cc1c(N=c2scc(-c3ccccc3F)n2CCCc2ccccc2)c(=O)n(-c2ccccc2)n1C. The number of para-hydroxylation sites is 1. The van der Waals surface area contributed by atoms with Crippen LogP contribution in [0.2, 0.25) is 0 Å². The molecule has 0 unspecified atom stereocenters. The van der Waals surface area contributed by atoms with Crippen LogP contribution in [0.1, 0.15) is 17.7 Å². The predicted molar refractivity (Wildman–Crippen MR) is 143 cm³/mol. The summed E-state index contributed by atoms with van der Waals surface area (Å²) in [5, 5.41) is 1.92. The topological polar surface area (TPSA) is 44.2 Å². The van der Waals surface area contributed by atoms with Crippen molar-refractivity contribution in [1.82, 2.24) is 13.9 Å². The highest BCUT2D eigenvalue weighted by molar-refractivity contribution is 7.07. The summed E-state index contributed by atoms with van der Waals surface area (Å²) in [6, 6.07) is 26.6. The van der Waals surface area contributed by atoms with Gasteiger partial charge in [0.2, 0.25) is 0 Å². The van der Waals surface area contributed by atoms with Crippen molar-refractivity contribution in [2.24, 2.45) is 12.0 Å².